The van der Waals surface area contributed by atoms with E-state index in [9.17, 15) is 18.3 Å². The van der Waals surface area contributed by atoms with Gasteiger partial charge in [0, 0.05) is 6.42 Å². The fourth-order valence-electron chi connectivity index (χ4n) is 4.07. The van der Waals surface area contributed by atoms with Crippen molar-refractivity contribution in [3.05, 3.63) is 42.0 Å². The molecule has 8 heteroatoms. The molecule has 0 radical (unpaired) electrons. The van der Waals surface area contributed by atoms with Crippen LogP contribution in [0, 0.1) is 0 Å². The minimum atomic E-state index is -3.86. The summed E-state index contributed by atoms with van der Waals surface area (Å²) in [5.74, 6) is 0.305. The Morgan fingerprint density at radius 1 is 0.865 bits per heavy atom. The molecule has 0 unspecified atom stereocenters. The number of ether oxygens (including phenoxy) is 1. The van der Waals surface area contributed by atoms with Crippen molar-refractivity contribution < 1.29 is 23.1 Å². The van der Waals surface area contributed by atoms with E-state index < -0.39 is 10.0 Å². The molecule has 0 fully saturated rings. The SMILES string of the molecule is CCCCCCCCCCCCOc1ccc(S(=O)(=O)Nc2cc(CC)c(O)c(NC(=O)CC)c2)cc1. The Labute approximate surface area is 223 Å². The van der Waals surface area contributed by atoms with Crippen LogP contribution in [0.5, 0.6) is 11.5 Å². The first-order chi connectivity index (χ1) is 17.8. The summed E-state index contributed by atoms with van der Waals surface area (Å²) >= 11 is 0. The first kappa shape index (κ1) is 30.5. The van der Waals surface area contributed by atoms with Crippen LogP contribution in [0.2, 0.25) is 0 Å². The first-order valence-electron chi connectivity index (χ1n) is 13.7. The summed E-state index contributed by atoms with van der Waals surface area (Å²) in [4.78, 5) is 11.9. The number of nitrogens with one attached hydrogen (secondary N) is 2. The Kier molecular flexibility index (Phi) is 13.3. The number of amides is 1. The van der Waals surface area contributed by atoms with Crippen LogP contribution in [0.3, 0.4) is 0 Å². The van der Waals surface area contributed by atoms with Gasteiger partial charge < -0.3 is 15.2 Å². The molecule has 206 valence electrons. The number of phenols is 1. The van der Waals surface area contributed by atoms with Crippen molar-refractivity contribution >= 4 is 27.3 Å². The summed E-state index contributed by atoms with van der Waals surface area (Å²) in [5.41, 5.74) is 0.976. The van der Waals surface area contributed by atoms with Crippen LogP contribution in [0.15, 0.2) is 41.3 Å². The van der Waals surface area contributed by atoms with Gasteiger partial charge in [-0.3, -0.25) is 9.52 Å². The van der Waals surface area contributed by atoms with Crippen LogP contribution in [0.25, 0.3) is 0 Å². The van der Waals surface area contributed by atoms with Crippen LogP contribution in [0.4, 0.5) is 11.4 Å². The van der Waals surface area contributed by atoms with Crippen LogP contribution >= 0.6 is 0 Å². The number of benzene rings is 2. The predicted molar refractivity (Wildman–Crippen MR) is 151 cm³/mol. The highest BCUT2D eigenvalue weighted by Gasteiger charge is 2.17. The molecule has 2 aromatic rings. The maximum atomic E-state index is 12.9. The molecular weight excluding hydrogens is 488 g/mol. The topological polar surface area (TPSA) is 105 Å². The van der Waals surface area contributed by atoms with E-state index in [0.29, 0.717) is 24.3 Å². The monoisotopic (exact) mass is 532 g/mol. The number of hydrogen-bond donors (Lipinski definition) is 3. The number of carbonyl (C=O) groups is 1. The molecule has 0 spiro atoms. The van der Waals surface area contributed by atoms with Gasteiger partial charge in [-0.05, 0) is 54.8 Å². The summed E-state index contributed by atoms with van der Waals surface area (Å²) in [5, 5.41) is 13.0. The summed E-state index contributed by atoms with van der Waals surface area (Å²) in [6.07, 6.45) is 13.3. The lowest BCUT2D eigenvalue weighted by Gasteiger charge is -2.15. The number of aromatic hydroxyl groups is 1. The Balaban J connectivity index is 1.85. The Morgan fingerprint density at radius 3 is 2.03 bits per heavy atom. The molecule has 1 amide bonds. The van der Waals surface area contributed by atoms with Gasteiger partial charge in [-0.1, -0.05) is 78.6 Å². The lowest BCUT2D eigenvalue weighted by Crippen LogP contribution is -2.14. The van der Waals surface area contributed by atoms with Crippen LogP contribution in [0.1, 0.15) is 97.0 Å². The van der Waals surface area contributed by atoms with Gasteiger partial charge in [-0.15, -0.1) is 0 Å². The number of unbranched alkanes of at least 4 members (excludes halogenated alkanes) is 9. The van der Waals surface area contributed by atoms with E-state index in [1.54, 1.807) is 25.1 Å². The van der Waals surface area contributed by atoms with Gasteiger partial charge in [0.05, 0.1) is 22.9 Å². The number of hydrogen-bond acceptors (Lipinski definition) is 5. The predicted octanol–water partition coefficient (Wildman–Crippen LogP) is 7.40. The van der Waals surface area contributed by atoms with E-state index in [1.165, 1.54) is 69.6 Å². The average Bonchev–Trinajstić information content (AvgIpc) is 2.89. The van der Waals surface area contributed by atoms with Crippen molar-refractivity contribution in [1.82, 2.24) is 0 Å². The largest absolute Gasteiger partial charge is 0.505 e. The molecule has 0 aliphatic carbocycles. The minimum absolute atomic E-state index is 0.0591. The number of rotatable bonds is 18. The summed E-state index contributed by atoms with van der Waals surface area (Å²) in [7, 11) is -3.86. The molecule has 0 atom stereocenters. The van der Waals surface area contributed by atoms with Gasteiger partial charge in [-0.2, -0.15) is 0 Å². The molecule has 37 heavy (non-hydrogen) atoms. The zero-order chi connectivity index (χ0) is 27.1. The van der Waals surface area contributed by atoms with E-state index in [2.05, 4.69) is 17.0 Å². The van der Waals surface area contributed by atoms with E-state index in [4.69, 9.17) is 4.74 Å². The van der Waals surface area contributed by atoms with Gasteiger partial charge in [-0.25, -0.2) is 8.42 Å². The second-order valence-electron chi connectivity index (χ2n) is 9.39. The number of aryl methyl sites for hydroxylation is 1. The third kappa shape index (κ3) is 10.6. The highest BCUT2D eigenvalue weighted by molar-refractivity contribution is 7.92. The molecule has 0 aliphatic heterocycles. The van der Waals surface area contributed by atoms with Crippen LogP contribution < -0.4 is 14.8 Å². The lowest BCUT2D eigenvalue weighted by atomic mass is 10.1. The summed E-state index contributed by atoms with van der Waals surface area (Å²) < 4.78 is 34.2. The molecule has 2 aromatic carbocycles. The van der Waals surface area contributed by atoms with Crippen LogP contribution in [-0.2, 0) is 21.2 Å². The molecule has 0 heterocycles. The maximum Gasteiger partial charge on any atom is 0.261 e. The summed E-state index contributed by atoms with van der Waals surface area (Å²) in [6, 6.07) is 9.33. The minimum Gasteiger partial charge on any atom is -0.505 e. The molecule has 2 rings (SSSR count). The number of anilines is 2. The molecule has 0 saturated heterocycles. The third-order valence-corrected chi connectivity index (χ3v) is 7.72. The van der Waals surface area contributed by atoms with Gasteiger partial charge in [0.25, 0.3) is 10.0 Å². The normalized spacial score (nSPS) is 11.3. The summed E-state index contributed by atoms with van der Waals surface area (Å²) in [6.45, 7) is 6.39. The van der Waals surface area contributed by atoms with E-state index in [-0.39, 0.29) is 34.3 Å². The Hall–Kier alpha value is -2.74. The maximum absolute atomic E-state index is 12.9. The highest BCUT2D eigenvalue weighted by atomic mass is 32.2. The Morgan fingerprint density at radius 2 is 1.46 bits per heavy atom. The number of carbonyl (C=O) groups excluding carboxylic acids is 1. The number of sulfonamides is 1. The lowest BCUT2D eigenvalue weighted by molar-refractivity contribution is -0.115. The van der Waals surface area contributed by atoms with Gasteiger partial charge in [0.2, 0.25) is 5.91 Å². The molecule has 0 aromatic heterocycles. The number of phenolic OH excluding ortho intramolecular Hbond substituents is 1. The Bertz CT molecular complexity index is 1070. The van der Waals surface area contributed by atoms with Gasteiger partial charge >= 0.3 is 0 Å². The van der Waals surface area contributed by atoms with Gasteiger partial charge in [0.15, 0.2) is 0 Å². The molecule has 7 nitrogen and oxygen atoms in total. The standard InChI is InChI=1S/C29H44N2O5S/c1-4-7-8-9-10-11-12-13-14-15-20-36-25-16-18-26(19-17-25)37(34,35)31-24-21-23(5-2)29(33)27(22-24)30-28(32)6-3/h16-19,21-22,31,33H,4-15,20H2,1-3H3,(H,30,32). The molecular formula is C29H44N2O5S. The zero-order valence-electron chi connectivity index (χ0n) is 22.6. The van der Waals surface area contributed by atoms with Crippen molar-refractivity contribution in [2.24, 2.45) is 0 Å². The average molecular weight is 533 g/mol. The van der Waals surface area contributed by atoms with Crippen molar-refractivity contribution in [2.45, 2.75) is 103 Å². The van der Waals surface area contributed by atoms with E-state index in [1.807, 2.05) is 6.92 Å². The highest BCUT2D eigenvalue weighted by Crippen LogP contribution is 2.33. The smallest absolute Gasteiger partial charge is 0.261 e. The van der Waals surface area contributed by atoms with E-state index in [0.717, 1.165) is 12.8 Å². The first-order valence-corrected chi connectivity index (χ1v) is 15.2. The van der Waals surface area contributed by atoms with Crippen molar-refractivity contribution in [1.29, 1.82) is 0 Å². The second-order valence-corrected chi connectivity index (χ2v) is 11.1. The second kappa shape index (κ2) is 16.2. The fourth-order valence-corrected chi connectivity index (χ4v) is 5.11. The van der Waals surface area contributed by atoms with Crippen molar-refractivity contribution in [2.75, 3.05) is 16.6 Å². The third-order valence-electron chi connectivity index (χ3n) is 6.32. The van der Waals surface area contributed by atoms with Crippen LogP contribution in [-0.4, -0.2) is 26.0 Å². The fraction of sp³-hybridized carbons (Fsp3) is 0.552. The van der Waals surface area contributed by atoms with E-state index >= 15 is 0 Å². The van der Waals surface area contributed by atoms with Crippen molar-refractivity contribution in [3.63, 3.8) is 0 Å². The van der Waals surface area contributed by atoms with Crippen molar-refractivity contribution in [3.8, 4) is 11.5 Å². The zero-order valence-corrected chi connectivity index (χ0v) is 23.5. The quantitative estimate of drug-likeness (QED) is 0.105. The molecule has 3 N–H and O–H groups in total. The van der Waals surface area contributed by atoms with Gasteiger partial charge in [0.1, 0.15) is 11.5 Å². The molecule has 0 bridgehead atoms. The molecule has 0 aliphatic rings. The molecule has 0 saturated carbocycles.